The molecule has 0 aliphatic heterocycles. The van der Waals surface area contributed by atoms with Crippen LogP contribution in [-0.2, 0) is 14.3 Å². The number of unbranched alkanes of at least 4 members (excludes halogenated alkanes) is 3. The molecule has 34 heavy (non-hydrogen) atoms. The summed E-state index contributed by atoms with van der Waals surface area (Å²) in [5.74, 6) is 0.969. The molecule has 0 heterocycles. The van der Waals surface area contributed by atoms with Gasteiger partial charge in [0.1, 0.15) is 5.76 Å². The van der Waals surface area contributed by atoms with Crippen molar-refractivity contribution in [1.82, 2.24) is 0 Å². The molecule has 186 valence electrons. The first kappa shape index (κ1) is 27.6. The van der Waals surface area contributed by atoms with Crippen molar-refractivity contribution >= 4 is 11.7 Å². The third-order valence-corrected chi connectivity index (χ3v) is 6.27. The molecule has 0 aromatic rings. The molecule has 3 N–H and O–H groups in total. The van der Waals surface area contributed by atoms with Crippen LogP contribution in [0.25, 0.3) is 0 Å². The van der Waals surface area contributed by atoms with E-state index in [1.54, 1.807) is 6.92 Å². The van der Waals surface area contributed by atoms with Crippen LogP contribution in [0, 0.1) is 11.3 Å². The van der Waals surface area contributed by atoms with Gasteiger partial charge in [-0.25, -0.2) is 4.79 Å². The van der Waals surface area contributed by atoms with Crippen molar-refractivity contribution in [3.8, 4) is 0 Å². The monoisotopic (exact) mass is 466 g/mol. The van der Waals surface area contributed by atoms with Crippen LogP contribution >= 0.6 is 0 Å². The lowest BCUT2D eigenvalue weighted by atomic mass is 9.84. The maximum absolute atomic E-state index is 11.3. The first-order valence-corrected chi connectivity index (χ1v) is 12.5. The average molecular weight is 467 g/mol. The highest BCUT2D eigenvalue weighted by Crippen LogP contribution is 2.30. The van der Waals surface area contributed by atoms with Gasteiger partial charge in [-0.2, -0.15) is 0 Å². The summed E-state index contributed by atoms with van der Waals surface area (Å²) in [4.78, 5) is 11.3. The van der Waals surface area contributed by atoms with Crippen molar-refractivity contribution < 1.29 is 14.3 Å². The van der Waals surface area contributed by atoms with Crippen LogP contribution in [0.3, 0.4) is 0 Å². The lowest BCUT2D eigenvalue weighted by Crippen LogP contribution is -2.27. The first-order chi connectivity index (χ1) is 16.3. The average Bonchev–Trinajstić information content (AvgIpc) is 2.80. The van der Waals surface area contributed by atoms with Crippen LogP contribution < -0.4 is 5.73 Å². The number of hydrogen-bond donors (Lipinski definition) is 2. The van der Waals surface area contributed by atoms with Gasteiger partial charge in [0.05, 0.1) is 13.2 Å². The van der Waals surface area contributed by atoms with E-state index in [0.717, 1.165) is 57.1 Å². The van der Waals surface area contributed by atoms with Crippen LogP contribution in [0.15, 0.2) is 71.6 Å². The molecular formula is C29H42N2O3. The van der Waals surface area contributed by atoms with Gasteiger partial charge in [-0.15, -0.1) is 0 Å². The molecule has 0 spiro atoms. The maximum Gasteiger partial charge on any atom is 0.333 e. The third-order valence-electron chi connectivity index (χ3n) is 6.27. The number of carbonyl (C=O) groups excluding carboxylic acids is 1. The minimum absolute atomic E-state index is 0.0573. The van der Waals surface area contributed by atoms with Gasteiger partial charge in [-0.1, -0.05) is 30.9 Å². The van der Waals surface area contributed by atoms with Gasteiger partial charge in [0.15, 0.2) is 0 Å². The highest BCUT2D eigenvalue weighted by atomic mass is 16.5. The Labute approximate surface area is 205 Å². The Bertz CT molecular complexity index is 876. The number of ether oxygens (including phenoxy) is 2. The number of allylic oxidation sites excluding steroid dienone is 7. The standard InChI is InChI=1S/C29H42N2O3/c1-5-23(25-18-26(30)20-27(31)19-25)11-10-22(4)24-12-14-28(15-13-24)33-16-8-6-7-9-17-34-29(32)21(2)3/h5,12,14-15,18,24,27,30H,2,4,6-11,13,16-17,19-20,31H2,1,3H3. The number of esters is 1. The van der Waals surface area contributed by atoms with Crippen LogP contribution in [0.2, 0.25) is 0 Å². The van der Waals surface area contributed by atoms with Crippen molar-refractivity contribution in [3.63, 3.8) is 0 Å². The highest BCUT2D eigenvalue weighted by molar-refractivity contribution is 5.95. The molecule has 0 bridgehead atoms. The summed E-state index contributed by atoms with van der Waals surface area (Å²) < 4.78 is 11.0. The van der Waals surface area contributed by atoms with Crippen molar-refractivity contribution in [1.29, 1.82) is 5.41 Å². The fourth-order valence-corrected chi connectivity index (χ4v) is 4.21. The Balaban J connectivity index is 1.62. The molecular weight excluding hydrogens is 424 g/mol. The van der Waals surface area contributed by atoms with E-state index >= 15 is 0 Å². The Morgan fingerprint density at radius 1 is 1.18 bits per heavy atom. The van der Waals surface area contributed by atoms with E-state index in [-0.39, 0.29) is 12.0 Å². The van der Waals surface area contributed by atoms with E-state index in [0.29, 0.717) is 36.8 Å². The fraction of sp³-hybridized carbons (Fsp3) is 0.517. The van der Waals surface area contributed by atoms with Crippen molar-refractivity contribution in [2.24, 2.45) is 11.7 Å². The van der Waals surface area contributed by atoms with Crippen molar-refractivity contribution in [2.45, 2.75) is 77.7 Å². The molecule has 0 fully saturated rings. The van der Waals surface area contributed by atoms with Gasteiger partial charge in [0.2, 0.25) is 0 Å². The fourth-order valence-electron chi connectivity index (χ4n) is 4.21. The van der Waals surface area contributed by atoms with Crippen molar-refractivity contribution in [2.75, 3.05) is 13.2 Å². The highest BCUT2D eigenvalue weighted by Gasteiger charge is 2.19. The summed E-state index contributed by atoms with van der Waals surface area (Å²) >= 11 is 0. The molecule has 2 unspecified atom stereocenters. The van der Waals surface area contributed by atoms with Gasteiger partial charge in [-0.3, -0.25) is 0 Å². The molecule has 0 saturated heterocycles. The second-order valence-electron chi connectivity index (χ2n) is 9.32. The van der Waals surface area contributed by atoms with Crippen LogP contribution in [0.5, 0.6) is 0 Å². The quantitative estimate of drug-likeness (QED) is 0.133. The molecule has 2 rings (SSSR count). The third kappa shape index (κ3) is 9.68. The molecule has 2 atom stereocenters. The molecule has 2 aliphatic carbocycles. The molecule has 0 aromatic carbocycles. The van der Waals surface area contributed by atoms with E-state index in [1.807, 2.05) is 6.08 Å². The van der Waals surface area contributed by atoms with Crippen LogP contribution in [-0.4, -0.2) is 30.9 Å². The van der Waals surface area contributed by atoms with E-state index < -0.39 is 0 Å². The summed E-state index contributed by atoms with van der Waals surface area (Å²) in [6.07, 6.45) is 18.8. The molecule has 5 heteroatoms. The number of nitrogens with one attached hydrogen (secondary N) is 1. The van der Waals surface area contributed by atoms with E-state index in [9.17, 15) is 4.79 Å². The topological polar surface area (TPSA) is 85.4 Å². The number of rotatable bonds is 14. The SMILES string of the molecule is C=C(C)C(=O)OCCCCCCOC1=CCC(C(=C)CCC(=CC)C2=CC(=N)CC(N)C2)C=C1. The molecule has 0 radical (unpaired) electrons. The maximum atomic E-state index is 11.3. The normalized spacial score (nSPS) is 20.4. The summed E-state index contributed by atoms with van der Waals surface area (Å²) in [7, 11) is 0. The largest absolute Gasteiger partial charge is 0.494 e. The molecule has 0 saturated carbocycles. The van der Waals surface area contributed by atoms with Crippen LogP contribution in [0.4, 0.5) is 0 Å². The molecule has 0 aromatic heterocycles. The van der Waals surface area contributed by atoms with Gasteiger partial charge in [-0.05, 0) is 94.6 Å². The Kier molecular flexibility index (Phi) is 11.8. The Morgan fingerprint density at radius 3 is 2.53 bits per heavy atom. The molecule has 0 amide bonds. The summed E-state index contributed by atoms with van der Waals surface area (Å²) in [6.45, 7) is 12.8. The summed E-state index contributed by atoms with van der Waals surface area (Å²) in [6, 6.07) is 0.0573. The van der Waals surface area contributed by atoms with Crippen LogP contribution in [0.1, 0.15) is 71.6 Å². The zero-order valence-corrected chi connectivity index (χ0v) is 21.0. The zero-order chi connectivity index (χ0) is 24.9. The first-order valence-electron chi connectivity index (χ1n) is 12.5. The molecule has 5 nitrogen and oxygen atoms in total. The van der Waals surface area contributed by atoms with Gasteiger partial charge >= 0.3 is 5.97 Å². The summed E-state index contributed by atoms with van der Waals surface area (Å²) in [5.41, 5.74) is 10.9. The second kappa shape index (κ2) is 14.6. The van der Waals surface area contributed by atoms with E-state index in [4.69, 9.17) is 20.6 Å². The lowest BCUT2D eigenvalue weighted by Gasteiger charge is -2.23. The van der Waals surface area contributed by atoms with E-state index in [1.165, 1.54) is 16.7 Å². The smallest absolute Gasteiger partial charge is 0.333 e. The minimum atomic E-state index is -0.310. The predicted molar refractivity (Wildman–Crippen MR) is 141 cm³/mol. The second-order valence-corrected chi connectivity index (χ2v) is 9.32. The van der Waals surface area contributed by atoms with Gasteiger partial charge in [0, 0.05) is 29.7 Å². The number of nitrogens with two attached hydrogens (primary N) is 1. The van der Waals surface area contributed by atoms with Gasteiger partial charge < -0.3 is 20.6 Å². The Morgan fingerprint density at radius 2 is 1.91 bits per heavy atom. The molecule has 2 aliphatic rings. The number of carbonyl (C=O) groups is 1. The lowest BCUT2D eigenvalue weighted by molar-refractivity contribution is -0.139. The van der Waals surface area contributed by atoms with Crippen molar-refractivity contribution in [3.05, 3.63) is 71.6 Å². The van der Waals surface area contributed by atoms with Gasteiger partial charge in [0.25, 0.3) is 0 Å². The predicted octanol–water partition coefficient (Wildman–Crippen LogP) is 6.49. The zero-order valence-electron chi connectivity index (χ0n) is 21.0. The number of hydrogen-bond acceptors (Lipinski definition) is 5. The minimum Gasteiger partial charge on any atom is -0.494 e. The summed E-state index contributed by atoms with van der Waals surface area (Å²) in [5, 5.41) is 7.99. The Hall–Kier alpha value is -2.66. The van der Waals surface area contributed by atoms with E-state index in [2.05, 4.69) is 44.4 Å².